The molecule has 0 fully saturated rings. The summed E-state index contributed by atoms with van der Waals surface area (Å²) in [6.07, 6.45) is 0. The summed E-state index contributed by atoms with van der Waals surface area (Å²) in [5.74, 6) is 0.778. The van der Waals surface area contributed by atoms with Crippen LogP contribution in [0.25, 0.3) is 0 Å². The summed E-state index contributed by atoms with van der Waals surface area (Å²) < 4.78 is 25.5. The first-order valence-electron chi connectivity index (χ1n) is 8.73. The molecule has 0 amide bonds. The second-order valence-electron chi connectivity index (χ2n) is 6.67. The first-order chi connectivity index (χ1) is 12.7. The number of rotatable bonds is 6. The first-order valence-corrected chi connectivity index (χ1v) is 10.2. The molecule has 0 spiro atoms. The van der Waals surface area contributed by atoms with Crippen molar-refractivity contribution in [1.82, 2.24) is 14.5 Å². The lowest BCUT2D eigenvalue weighted by molar-refractivity contribution is 0.476. The maximum absolute atomic E-state index is 12.1. The molecule has 0 bridgehead atoms. The zero-order valence-corrected chi connectivity index (χ0v) is 17.4. The second-order valence-corrected chi connectivity index (χ2v) is 8.83. The Kier molecular flexibility index (Phi) is 6.98. The standard InChI is InChI=1S/C20H28N4O2S/c1-16-6-8-18(9-7-16)15-24(5)20(21-2)22-14-17-10-12-19(13-11-17)27(25,26)23(3)4/h6-13H,14-15H2,1-5H3,(H,21,22). The van der Waals surface area contributed by atoms with Gasteiger partial charge in [0.15, 0.2) is 5.96 Å². The molecule has 146 valence electrons. The average Bonchev–Trinajstić information content (AvgIpc) is 2.64. The van der Waals surface area contributed by atoms with E-state index in [1.165, 1.54) is 29.5 Å². The van der Waals surface area contributed by atoms with Gasteiger partial charge in [0.2, 0.25) is 10.0 Å². The molecule has 0 saturated carbocycles. The molecule has 0 aliphatic heterocycles. The van der Waals surface area contributed by atoms with Gasteiger partial charge in [0.05, 0.1) is 4.90 Å². The van der Waals surface area contributed by atoms with Gasteiger partial charge in [-0.15, -0.1) is 0 Å². The van der Waals surface area contributed by atoms with Crippen molar-refractivity contribution < 1.29 is 8.42 Å². The number of aliphatic imine (C=N–C) groups is 1. The van der Waals surface area contributed by atoms with Crippen LogP contribution in [0.15, 0.2) is 58.4 Å². The molecule has 0 radical (unpaired) electrons. The van der Waals surface area contributed by atoms with Gasteiger partial charge in [0.1, 0.15) is 0 Å². The van der Waals surface area contributed by atoms with Crippen LogP contribution in [0.3, 0.4) is 0 Å². The second kappa shape index (κ2) is 9.01. The largest absolute Gasteiger partial charge is 0.352 e. The van der Waals surface area contributed by atoms with E-state index in [1.807, 2.05) is 19.2 Å². The molecule has 0 heterocycles. The van der Waals surface area contributed by atoms with E-state index in [1.54, 1.807) is 19.2 Å². The minimum absolute atomic E-state index is 0.289. The molecule has 6 nitrogen and oxygen atoms in total. The van der Waals surface area contributed by atoms with Crippen molar-refractivity contribution in [3.05, 3.63) is 65.2 Å². The molecule has 2 rings (SSSR count). The third-order valence-corrected chi connectivity index (χ3v) is 6.10. The van der Waals surface area contributed by atoms with E-state index in [9.17, 15) is 8.42 Å². The maximum atomic E-state index is 12.1. The summed E-state index contributed by atoms with van der Waals surface area (Å²) in [7, 11) is 3.39. The fourth-order valence-corrected chi connectivity index (χ4v) is 3.50. The van der Waals surface area contributed by atoms with E-state index in [0.717, 1.165) is 18.1 Å². The lowest BCUT2D eigenvalue weighted by atomic mass is 10.1. The molecular weight excluding hydrogens is 360 g/mol. The minimum Gasteiger partial charge on any atom is -0.352 e. The third kappa shape index (κ3) is 5.55. The van der Waals surface area contributed by atoms with Crippen LogP contribution in [0.5, 0.6) is 0 Å². The van der Waals surface area contributed by atoms with Gasteiger partial charge in [-0.2, -0.15) is 0 Å². The number of hydrogen-bond acceptors (Lipinski definition) is 3. The number of hydrogen-bond donors (Lipinski definition) is 1. The molecule has 0 atom stereocenters. The van der Waals surface area contributed by atoms with Crippen molar-refractivity contribution in [2.24, 2.45) is 4.99 Å². The van der Waals surface area contributed by atoms with Crippen molar-refractivity contribution in [2.45, 2.75) is 24.9 Å². The average molecular weight is 389 g/mol. The number of sulfonamides is 1. The topological polar surface area (TPSA) is 65.0 Å². The van der Waals surface area contributed by atoms with Crippen LogP contribution >= 0.6 is 0 Å². The van der Waals surface area contributed by atoms with Crippen molar-refractivity contribution >= 4 is 16.0 Å². The summed E-state index contributed by atoms with van der Waals surface area (Å²) in [6, 6.07) is 15.3. The first kappa shape index (κ1) is 20.9. The zero-order chi connectivity index (χ0) is 20.0. The molecule has 0 unspecified atom stereocenters. The highest BCUT2D eigenvalue weighted by Gasteiger charge is 2.16. The Bertz CT molecular complexity index is 873. The molecular formula is C20H28N4O2S. The van der Waals surface area contributed by atoms with Crippen molar-refractivity contribution in [3.8, 4) is 0 Å². The fraction of sp³-hybridized carbons (Fsp3) is 0.350. The van der Waals surface area contributed by atoms with Crippen LogP contribution in [-0.2, 0) is 23.1 Å². The Morgan fingerprint density at radius 1 is 0.963 bits per heavy atom. The fourth-order valence-electron chi connectivity index (χ4n) is 2.60. The van der Waals surface area contributed by atoms with Crippen molar-refractivity contribution in [3.63, 3.8) is 0 Å². The van der Waals surface area contributed by atoms with Gasteiger partial charge in [0.25, 0.3) is 0 Å². The molecule has 27 heavy (non-hydrogen) atoms. The third-order valence-electron chi connectivity index (χ3n) is 4.27. The number of benzene rings is 2. The normalized spacial score (nSPS) is 12.3. The Morgan fingerprint density at radius 3 is 2.04 bits per heavy atom. The van der Waals surface area contributed by atoms with E-state index in [0.29, 0.717) is 6.54 Å². The van der Waals surface area contributed by atoms with Gasteiger partial charge in [-0.1, -0.05) is 42.0 Å². The summed E-state index contributed by atoms with van der Waals surface area (Å²) in [4.78, 5) is 6.67. The number of nitrogens with one attached hydrogen (secondary N) is 1. The predicted molar refractivity (Wildman–Crippen MR) is 110 cm³/mol. The van der Waals surface area contributed by atoms with E-state index < -0.39 is 10.0 Å². The molecule has 1 N–H and O–H groups in total. The molecule has 2 aromatic rings. The number of guanidine groups is 1. The van der Waals surface area contributed by atoms with E-state index in [2.05, 4.69) is 46.4 Å². The summed E-state index contributed by atoms with van der Waals surface area (Å²) in [6.45, 7) is 3.39. The van der Waals surface area contributed by atoms with Gasteiger partial charge in [0, 0.05) is 41.3 Å². The summed E-state index contributed by atoms with van der Waals surface area (Å²) in [5, 5.41) is 3.31. The summed E-state index contributed by atoms with van der Waals surface area (Å²) >= 11 is 0. The SMILES string of the molecule is CN=C(NCc1ccc(S(=O)(=O)N(C)C)cc1)N(C)Cc1ccc(C)cc1. The zero-order valence-electron chi connectivity index (χ0n) is 16.6. The van der Waals surface area contributed by atoms with Gasteiger partial charge >= 0.3 is 0 Å². The highest BCUT2D eigenvalue weighted by molar-refractivity contribution is 7.89. The smallest absolute Gasteiger partial charge is 0.242 e. The van der Waals surface area contributed by atoms with E-state index in [4.69, 9.17) is 0 Å². The number of nitrogens with zero attached hydrogens (tertiary/aromatic N) is 3. The van der Waals surface area contributed by atoms with Gasteiger partial charge in [-0.3, -0.25) is 4.99 Å². The van der Waals surface area contributed by atoms with E-state index in [-0.39, 0.29) is 4.90 Å². The van der Waals surface area contributed by atoms with Crippen LogP contribution in [-0.4, -0.2) is 51.8 Å². The molecule has 0 aromatic heterocycles. The Morgan fingerprint density at radius 2 is 1.52 bits per heavy atom. The molecule has 0 aliphatic carbocycles. The van der Waals surface area contributed by atoms with Gasteiger partial charge < -0.3 is 10.2 Å². The van der Waals surface area contributed by atoms with Gasteiger partial charge in [-0.05, 0) is 30.2 Å². The van der Waals surface area contributed by atoms with Crippen molar-refractivity contribution in [2.75, 3.05) is 28.2 Å². The van der Waals surface area contributed by atoms with Crippen LogP contribution in [0.1, 0.15) is 16.7 Å². The van der Waals surface area contributed by atoms with Crippen LogP contribution < -0.4 is 5.32 Å². The number of aryl methyl sites for hydroxylation is 1. The highest BCUT2D eigenvalue weighted by Crippen LogP contribution is 2.14. The molecule has 2 aromatic carbocycles. The molecule has 7 heteroatoms. The van der Waals surface area contributed by atoms with Gasteiger partial charge in [-0.25, -0.2) is 12.7 Å². The Labute approximate surface area is 162 Å². The molecule has 0 saturated heterocycles. The Hall–Kier alpha value is -2.38. The maximum Gasteiger partial charge on any atom is 0.242 e. The van der Waals surface area contributed by atoms with Crippen molar-refractivity contribution in [1.29, 1.82) is 0 Å². The van der Waals surface area contributed by atoms with Crippen LogP contribution in [0.2, 0.25) is 0 Å². The monoisotopic (exact) mass is 388 g/mol. The molecule has 0 aliphatic rings. The van der Waals surface area contributed by atoms with E-state index >= 15 is 0 Å². The highest BCUT2D eigenvalue weighted by atomic mass is 32.2. The lowest BCUT2D eigenvalue weighted by Crippen LogP contribution is -2.38. The van der Waals surface area contributed by atoms with Crippen LogP contribution in [0, 0.1) is 6.92 Å². The summed E-state index contributed by atoms with van der Waals surface area (Å²) in [5.41, 5.74) is 3.44. The lowest BCUT2D eigenvalue weighted by Gasteiger charge is -2.22. The quantitative estimate of drug-likeness (QED) is 0.610. The predicted octanol–water partition coefficient (Wildman–Crippen LogP) is 2.45. The minimum atomic E-state index is -3.40. The van der Waals surface area contributed by atoms with Crippen LogP contribution in [0.4, 0.5) is 0 Å². The Balaban J connectivity index is 1.98.